The molecule has 1 aliphatic carbocycles. The summed E-state index contributed by atoms with van der Waals surface area (Å²) >= 11 is 0. The van der Waals surface area contributed by atoms with Gasteiger partial charge in [0.25, 0.3) is 0 Å². The zero-order valence-corrected chi connectivity index (χ0v) is 8.24. The Morgan fingerprint density at radius 2 is 2.15 bits per heavy atom. The maximum atomic E-state index is 5.62. The van der Waals surface area contributed by atoms with E-state index in [1.54, 1.807) is 0 Å². The van der Waals surface area contributed by atoms with Crippen LogP contribution < -0.4 is 5.73 Å². The van der Waals surface area contributed by atoms with Crippen LogP contribution in [0.2, 0.25) is 0 Å². The predicted octanol–water partition coefficient (Wildman–Crippen LogP) is 1.60. The lowest BCUT2D eigenvalue weighted by molar-refractivity contribution is 0.414. The van der Waals surface area contributed by atoms with Crippen LogP contribution in [-0.2, 0) is 0 Å². The average Bonchev–Trinajstić information content (AvgIpc) is 2.50. The molecule has 1 heterocycles. The zero-order chi connectivity index (χ0) is 9.64. The molecule has 2 rings (SSSR count). The van der Waals surface area contributed by atoms with Gasteiger partial charge in [-0.3, -0.25) is 0 Å². The van der Waals surface area contributed by atoms with Crippen molar-refractivity contribution in [2.24, 2.45) is 11.1 Å². The second kappa shape index (κ2) is 2.54. The van der Waals surface area contributed by atoms with Gasteiger partial charge in [0.05, 0.1) is 6.04 Å². The molecule has 0 bridgehead atoms. The second-order valence-corrected chi connectivity index (χ2v) is 4.51. The van der Waals surface area contributed by atoms with Gasteiger partial charge in [0.15, 0.2) is 0 Å². The molecule has 13 heavy (non-hydrogen) atoms. The monoisotopic (exact) mass is 181 g/mol. The van der Waals surface area contributed by atoms with Gasteiger partial charge in [-0.1, -0.05) is 13.8 Å². The van der Waals surface area contributed by atoms with Crippen molar-refractivity contribution in [2.45, 2.75) is 39.2 Å². The fraction of sp³-hybridized carbons (Fsp3) is 0.778. The van der Waals surface area contributed by atoms with Gasteiger partial charge >= 0.3 is 0 Å². The third-order valence-corrected chi connectivity index (χ3v) is 2.66. The summed E-state index contributed by atoms with van der Waals surface area (Å²) in [5, 5.41) is 7.90. The van der Waals surface area contributed by atoms with Crippen LogP contribution in [-0.4, -0.2) is 10.2 Å². The number of nitrogens with zero attached hydrogens (tertiary/aromatic N) is 2. The Labute approximate surface area is 77.5 Å². The van der Waals surface area contributed by atoms with E-state index in [9.17, 15) is 0 Å². The Hall–Kier alpha value is -0.900. The standard InChI is InChI=1S/C9H15N3O/c1-5(10)7-11-12-8(13-7)6-4-9(6,2)3/h5-6H,4,10H2,1-3H3. The molecule has 2 N–H and O–H groups in total. The molecule has 0 saturated heterocycles. The normalized spacial score (nSPS) is 27.2. The minimum absolute atomic E-state index is 0.164. The molecule has 0 spiro atoms. The van der Waals surface area contributed by atoms with Gasteiger partial charge in [-0.15, -0.1) is 10.2 Å². The van der Waals surface area contributed by atoms with Crippen molar-refractivity contribution in [3.8, 4) is 0 Å². The molecule has 2 atom stereocenters. The van der Waals surface area contributed by atoms with E-state index in [1.807, 2.05) is 6.92 Å². The molecule has 1 aromatic rings. The minimum Gasteiger partial charge on any atom is -0.423 e. The van der Waals surface area contributed by atoms with Gasteiger partial charge in [-0.05, 0) is 18.8 Å². The van der Waals surface area contributed by atoms with Crippen molar-refractivity contribution in [3.05, 3.63) is 11.8 Å². The van der Waals surface area contributed by atoms with Crippen LogP contribution in [0, 0.1) is 5.41 Å². The van der Waals surface area contributed by atoms with Crippen molar-refractivity contribution in [1.82, 2.24) is 10.2 Å². The Morgan fingerprint density at radius 1 is 1.54 bits per heavy atom. The molecule has 0 aliphatic heterocycles. The summed E-state index contributed by atoms with van der Waals surface area (Å²) in [7, 11) is 0. The lowest BCUT2D eigenvalue weighted by Gasteiger charge is -1.97. The summed E-state index contributed by atoms with van der Waals surface area (Å²) in [6.45, 7) is 6.25. The first-order valence-electron chi connectivity index (χ1n) is 4.59. The van der Waals surface area contributed by atoms with E-state index in [0.29, 0.717) is 17.2 Å². The van der Waals surface area contributed by atoms with Crippen LogP contribution in [0.4, 0.5) is 0 Å². The highest BCUT2D eigenvalue weighted by atomic mass is 16.4. The highest BCUT2D eigenvalue weighted by molar-refractivity contribution is 5.12. The van der Waals surface area contributed by atoms with E-state index in [4.69, 9.17) is 10.2 Å². The highest BCUT2D eigenvalue weighted by Crippen LogP contribution is 2.58. The molecule has 0 aromatic carbocycles. The van der Waals surface area contributed by atoms with E-state index in [-0.39, 0.29) is 6.04 Å². The quantitative estimate of drug-likeness (QED) is 0.752. The van der Waals surface area contributed by atoms with Crippen LogP contribution in [0.15, 0.2) is 4.42 Å². The maximum Gasteiger partial charge on any atom is 0.232 e. The second-order valence-electron chi connectivity index (χ2n) is 4.51. The largest absolute Gasteiger partial charge is 0.423 e. The summed E-state index contributed by atoms with van der Waals surface area (Å²) in [6, 6.07) is -0.164. The van der Waals surface area contributed by atoms with Crippen LogP contribution in [0.5, 0.6) is 0 Å². The summed E-state index contributed by atoms with van der Waals surface area (Å²) in [6.07, 6.45) is 1.13. The lowest BCUT2D eigenvalue weighted by atomic mass is 10.1. The van der Waals surface area contributed by atoms with Crippen LogP contribution in [0.3, 0.4) is 0 Å². The molecule has 0 amide bonds. The molecule has 4 heteroatoms. The van der Waals surface area contributed by atoms with Crippen LogP contribution >= 0.6 is 0 Å². The third kappa shape index (κ3) is 1.46. The van der Waals surface area contributed by atoms with Gasteiger partial charge < -0.3 is 10.2 Å². The van der Waals surface area contributed by atoms with Gasteiger partial charge in [0.2, 0.25) is 11.8 Å². The molecule has 4 nitrogen and oxygen atoms in total. The lowest BCUT2D eigenvalue weighted by Crippen LogP contribution is -2.04. The smallest absolute Gasteiger partial charge is 0.232 e. The summed E-state index contributed by atoms with van der Waals surface area (Å²) in [5.74, 6) is 1.72. The highest BCUT2D eigenvalue weighted by Gasteiger charge is 2.50. The van der Waals surface area contributed by atoms with Crippen molar-refractivity contribution >= 4 is 0 Å². The topological polar surface area (TPSA) is 64.9 Å². The molecule has 2 unspecified atom stereocenters. The number of aromatic nitrogens is 2. The summed E-state index contributed by atoms with van der Waals surface area (Å²) in [4.78, 5) is 0. The molecular weight excluding hydrogens is 166 g/mol. The van der Waals surface area contributed by atoms with Crippen molar-refractivity contribution in [2.75, 3.05) is 0 Å². The fourth-order valence-electron chi connectivity index (χ4n) is 1.46. The van der Waals surface area contributed by atoms with E-state index in [2.05, 4.69) is 24.0 Å². The first-order chi connectivity index (χ1) is 6.00. The fourth-order valence-corrected chi connectivity index (χ4v) is 1.46. The maximum absolute atomic E-state index is 5.62. The minimum atomic E-state index is -0.164. The Kier molecular flexibility index (Phi) is 1.70. The molecule has 1 aliphatic rings. The molecule has 1 saturated carbocycles. The van der Waals surface area contributed by atoms with E-state index >= 15 is 0 Å². The molecule has 0 radical (unpaired) electrons. The van der Waals surface area contributed by atoms with Gasteiger partial charge in [0.1, 0.15) is 0 Å². The number of nitrogens with two attached hydrogens (primary N) is 1. The number of hydrogen-bond donors (Lipinski definition) is 1. The number of rotatable bonds is 2. The predicted molar refractivity (Wildman–Crippen MR) is 48.0 cm³/mol. The van der Waals surface area contributed by atoms with Crippen molar-refractivity contribution < 1.29 is 4.42 Å². The Morgan fingerprint density at radius 3 is 2.54 bits per heavy atom. The summed E-state index contributed by atoms with van der Waals surface area (Å²) < 4.78 is 5.46. The molecule has 1 fully saturated rings. The Bertz CT molecular complexity index is 316. The first kappa shape index (κ1) is 8.69. The third-order valence-electron chi connectivity index (χ3n) is 2.66. The SMILES string of the molecule is CC(N)c1nnc(C2CC2(C)C)o1. The van der Waals surface area contributed by atoms with E-state index < -0.39 is 0 Å². The zero-order valence-electron chi connectivity index (χ0n) is 8.24. The van der Waals surface area contributed by atoms with E-state index in [0.717, 1.165) is 12.3 Å². The number of hydrogen-bond acceptors (Lipinski definition) is 4. The van der Waals surface area contributed by atoms with Gasteiger partial charge in [-0.2, -0.15) is 0 Å². The molecule has 1 aromatic heterocycles. The first-order valence-corrected chi connectivity index (χ1v) is 4.59. The van der Waals surface area contributed by atoms with Gasteiger partial charge in [0, 0.05) is 5.92 Å². The van der Waals surface area contributed by atoms with Gasteiger partial charge in [-0.25, -0.2) is 0 Å². The molecule has 72 valence electrons. The average molecular weight is 181 g/mol. The summed E-state index contributed by atoms with van der Waals surface area (Å²) in [5.41, 5.74) is 5.95. The Balaban J connectivity index is 2.16. The van der Waals surface area contributed by atoms with Crippen molar-refractivity contribution in [1.29, 1.82) is 0 Å². The van der Waals surface area contributed by atoms with Crippen LogP contribution in [0.1, 0.15) is 50.9 Å². The molecular formula is C9H15N3O. The van der Waals surface area contributed by atoms with Crippen LogP contribution in [0.25, 0.3) is 0 Å². The van der Waals surface area contributed by atoms with E-state index in [1.165, 1.54) is 0 Å². The van der Waals surface area contributed by atoms with Crippen molar-refractivity contribution in [3.63, 3.8) is 0 Å².